The maximum absolute atomic E-state index is 12.0. The summed E-state index contributed by atoms with van der Waals surface area (Å²) >= 11 is 0. The molecule has 0 amide bonds. The van der Waals surface area contributed by atoms with Gasteiger partial charge in [-0.25, -0.2) is 4.98 Å². The summed E-state index contributed by atoms with van der Waals surface area (Å²) in [5.74, 6) is 0.634. The Balaban J connectivity index is 1.78. The van der Waals surface area contributed by atoms with E-state index < -0.39 is 0 Å². The Morgan fingerprint density at radius 2 is 2.10 bits per heavy atom. The van der Waals surface area contributed by atoms with Crippen LogP contribution in [-0.2, 0) is 6.54 Å². The number of fused-ring (bicyclic) bond motifs is 1. The maximum Gasteiger partial charge on any atom is 0.258 e. The van der Waals surface area contributed by atoms with E-state index in [1.807, 2.05) is 36.5 Å². The van der Waals surface area contributed by atoms with Crippen LogP contribution in [0.4, 0.5) is 0 Å². The SMILES string of the molecule is CC(NCc1nc2ccccc2c(=O)[nH]1)c1cccnc1. The first-order valence-electron chi connectivity index (χ1n) is 6.85. The minimum Gasteiger partial charge on any atom is -0.309 e. The molecule has 0 aliphatic heterocycles. The quantitative estimate of drug-likeness (QED) is 0.768. The number of para-hydroxylation sites is 1. The van der Waals surface area contributed by atoms with Gasteiger partial charge in [-0.15, -0.1) is 0 Å². The molecule has 0 saturated carbocycles. The van der Waals surface area contributed by atoms with Crippen molar-refractivity contribution in [1.29, 1.82) is 0 Å². The highest BCUT2D eigenvalue weighted by atomic mass is 16.1. The van der Waals surface area contributed by atoms with Crippen LogP contribution in [0.2, 0.25) is 0 Å². The Morgan fingerprint density at radius 1 is 1.24 bits per heavy atom. The Morgan fingerprint density at radius 3 is 2.90 bits per heavy atom. The number of nitrogens with one attached hydrogen (secondary N) is 2. The standard InChI is InChI=1S/C16H16N4O/c1-11(12-5-4-8-17-9-12)18-10-15-19-14-7-3-2-6-13(14)16(21)20-15/h2-9,11,18H,10H2,1H3,(H,19,20,21). The van der Waals surface area contributed by atoms with E-state index in [9.17, 15) is 4.79 Å². The molecule has 1 atom stereocenters. The van der Waals surface area contributed by atoms with E-state index in [4.69, 9.17) is 0 Å². The molecule has 5 heteroatoms. The van der Waals surface area contributed by atoms with Gasteiger partial charge >= 0.3 is 0 Å². The molecule has 0 radical (unpaired) electrons. The zero-order chi connectivity index (χ0) is 14.7. The van der Waals surface area contributed by atoms with Gasteiger partial charge in [0, 0.05) is 18.4 Å². The molecule has 3 rings (SSSR count). The van der Waals surface area contributed by atoms with E-state index in [1.54, 1.807) is 12.3 Å². The first-order chi connectivity index (χ1) is 10.2. The number of pyridine rings is 1. The Kier molecular flexibility index (Phi) is 3.75. The molecule has 0 spiro atoms. The average molecular weight is 280 g/mol. The topological polar surface area (TPSA) is 70.7 Å². The van der Waals surface area contributed by atoms with Gasteiger partial charge in [0.15, 0.2) is 0 Å². The lowest BCUT2D eigenvalue weighted by Gasteiger charge is -2.13. The van der Waals surface area contributed by atoms with Crippen LogP contribution in [0, 0.1) is 0 Å². The molecule has 1 unspecified atom stereocenters. The number of hydrogen-bond acceptors (Lipinski definition) is 4. The highest BCUT2D eigenvalue weighted by Gasteiger charge is 2.07. The Labute approximate surface area is 122 Å². The van der Waals surface area contributed by atoms with Gasteiger partial charge in [-0.1, -0.05) is 18.2 Å². The van der Waals surface area contributed by atoms with Gasteiger partial charge in [-0.3, -0.25) is 9.78 Å². The summed E-state index contributed by atoms with van der Waals surface area (Å²) in [5, 5.41) is 3.95. The van der Waals surface area contributed by atoms with E-state index in [-0.39, 0.29) is 11.6 Å². The summed E-state index contributed by atoms with van der Waals surface area (Å²) in [5.41, 5.74) is 1.71. The number of aromatic nitrogens is 3. The van der Waals surface area contributed by atoms with Crippen molar-refractivity contribution in [3.63, 3.8) is 0 Å². The smallest absolute Gasteiger partial charge is 0.258 e. The normalized spacial score (nSPS) is 12.4. The summed E-state index contributed by atoms with van der Waals surface area (Å²) in [6.45, 7) is 2.55. The van der Waals surface area contributed by atoms with Crippen molar-refractivity contribution >= 4 is 10.9 Å². The van der Waals surface area contributed by atoms with Crippen LogP contribution in [0.3, 0.4) is 0 Å². The van der Waals surface area contributed by atoms with Crippen LogP contribution in [0.1, 0.15) is 24.4 Å². The lowest BCUT2D eigenvalue weighted by molar-refractivity contribution is 0.558. The maximum atomic E-state index is 12.0. The molecule has 0 aliphatic rings. The Bertz CT molecular complexity index is 798. The molecule has 2 N–H and O–H groups in total. The highest BCUT2D eigenvalue weighted by Crippen LogP contribution is 2.11. The van der Waals surface area contributed by atoms with Gasteiger partial charge in [-0.05, 0) is 30.7 Å². The van der Waals surface area contributed by atoms with Gasteiger partial charge < -0.3 is 10.3 Å². The van der Waals surface area contributed by atoms with Gasteiger partial charge in [0.2, 0.25) is 0 Å². The molecular weight excluding hydrogens is 264 g/mol. The zero-order valence-corrected chi connectivity index (χ0v) is 11.7. The molecule has 0 fully saturated rings. The third kappa shape index (κ3) is 2.98. The second-order valence-corrected chi connectivity index (χ2v) is 4.92. The first-order valence-corrected chi connectivity index (χ1v) is 6.85. The molecule has 2 heterocycles. The van der Waals surface area contributed by atoms with Crippen molar-refractivity contribution in [2.45, 2.75) is 19.5 Å². The number of H-pyrrole nitrogens is 1. The van der Waals surface area contributed by atoms with Crippen molar-refractivity contribution in [2.24, 2.45) is 0 Å². The summed E-state index contributed by atoms with van der Waals surface area (Å²) in [4.78, 5) is 23.4. The van der Waals surface area contributed by atoms with Crippen LogP contribution in [0.15, 0.2) is 53.6 Å². The molecule has 3 aromatic rings. The second kappa shape index (κ2) is 5.85. The van der Waals surface area contributed by atoms with Crippen LogP contribution >= 0.6 is 0 Å². The van der Waals surface area contributed by atoms with E-state index in [0.29, 0.717) is 23.3 Å². The third-order valence-corrected chi connectivity index (χ3v) is 3.42. The molecule has 106 valence electrons. The highest BCUT2D eigenvalue weighted by molar-refractivity contribution is 5.77. The predicted octanol–water partition coefficient (Wildman–Crippen LogP) is 2.17. The largest absolute Gasteiger partial charge is 0.309 e. The fourth-order valence-electron chi connectivity index (χ4n) is 2.22. The van der Waals surface area contributed by atoms with Crippen molar-refractivity contribution in [1.82, 2.24) is 20.3 Å². The van der Waals surface area contributed by atoms with E-state index in [0.717, 1.165) is 5.56 Å². The molecule has 0 aliphatic carbocycles. The van der Waals surface area contributed by atoms with Gasteiger partial charge in [0.25, 0.3) is 5.56 Å². The lowest BCUT2D eigenvalue weighted by atomic mass is 10.1. The summed E-state index contributed by atoms with van der Waals surface area (Å²) in [6.07, 6.45) is 3.58. The van der Waals surface area contributed by atoms with Gasteiger partial charge in [0.05, 0.1) is 17.4 Å². The third-order valence-electron chi connectivity index (χ3n) is 3.42. The van der Waals surface area contributed by atoms with Crippen LogP contribution in [0.5, 0.6) is 0 Å². The average Bonchev–Trinajstić information content (AvgIpc) is 2.53. The molecule has 2 aromatic heterocycles. The van der Waals surface area contributed by atoms with Crippen molar-refractivity contribution in [3.8, 4) is 0 Å². The number of benzene rings is 1. The number of rotatable bonds is 4. The number of nitrogens with zero attached hydrogens (tertiary/aromatic N) is 2. The first kappa shape index (κ1) is 13.5. The van der Waals surface area contributed by atoms with Crippen molar-refractivity contribution in [2.75, 3.05) is 0 Å². The van der Waals surface area contributed by atoms with E-state index in [1.165, 1.54) is 0 Å². The molecule has 21 heavy (non-hydrogen) atoms. The summed E-state index contributed by atoms with van der Waals surface area (Å²) in [6, 6.07) is 11.4. The van der Waals surface area contributed by atoms with Crippen molar-refractivity contribution in [3.05, 3.63) is 70.5 Å². The van der Waals surface area contributed by atoms with Crippen LogP contribution in [-0.4, -0.2) is 15.0 Å². The number of hydrogen-bond donors (Lipinski definition) is 2. The molecular formula is C16H16N4O. The van der Waals surface area contributed by atoms with Crippen molar-refractivity contribution < 1.29 is 0 Å². The molecule has 0 bridgehead atoms. The molecule has 0 saturated heterocycles. The van der Waals surface area contributed by atoms with E-state index >= 15 is 0 Å². The summed E-state index contributed by atoms with van der Waals surface area (Å²) in [7, 11) is 0. The molecule has 5 nitrogen and oxygen atoms in total. The molecule has 1 aromatic carbocycles. The fraction of sp³-hybridized carbons (Fsp3) is 0.188. The van der Waals surface area contributed by atoms with Crippen LogP contribution in [0.25, 0.3) is 10.9 Å². The Hall–Kier alpha value is -2.53. The van der Waals surface area contributed by atoms with Gasteiger partial charge in [-0.2, -0.15) is 0 Å². The number of aromatic amines is 1. The lowest BCUT2D eigenvalue weighted by Crippen LogP contribution is -2.22. The summed E-state index contributed by atoms with van der Waals surface area (Å²) < 4.78 is 0. The van der Waals surface area contributed by atoms with Gasteiger partial charge in [0.1, 0.15) is 5.82 Å². The zero-order valence-electron chi connectivity index (χ0n) is 11.7. The fourth-order valence-corrected chi connectivity index (χ4v) is 2.22. The minimum absolute atomic E-state index is 0.105. The monoisotopic (exact) mass is 280 g/mol. The second-order valence-electron chi connectivity index (χ2n) is 4.92. The predicted molar refractivity (Wildman–Crippen MR) is 81.9 cm³/mol. The minimum atomic E-state index is -0.105. The van der Waals surface area contributed by atoms with E-state index in [2.05, 4.69) is 27.2 Å². The van der Waals surface area contributed by atoms with Crippen LogP contribution < -0.4 is 10.9 Å².